The average Bonchev–Trinajstić information content (AvgIpc) is 3.18. The SMILES string of the molecule is O=C(CCn1cnc2ccccc2c1=O)N1CCC(Oc2ncc(Cl)cn2)C1. The molecule has 1 fully saturated rings. The van der Waals surface area contributed by atoms with Crippen molar-refractivity contribution in [2.75, 3.05) is 13.1 Å². The summed E-state index contributed by atoms with van der Waals surface area (Å²) in [5.74, 6) is -0.0248. The number of amides is 1. The number of hydrogen-bond acceptors (Lipinski definition) is 6. The molecule has 144 valence electrons. The molecule has 0 bridgehead atoms. The van der Waals surface area contributed by atoms with Crippen molar-refractivity contribution >= 4 is 28.4 Å². The third-order valence-electron chi connectivity index (χ3n) is 4.66. The second-order valence-corrected chi connectivity index (χ2v) is 7.00. The van der Waals surface area contributed by atoms with Crippen molar-refractivity contribution in [3.05, 3.63) is 58.4 Å². The minimum atomic E-state index is -0.157. The fraction of sp³-hybridized carbons (Fsp3) is 0.316. The summed E-state index contributed by atoms with van der Waals surface area (Å²) in [5.41, 5.74) is 0.514. The Hall–Kier alpha value is -3.00. The predicted octanol–water partition coefficient (Wildman–Crippen LogP) is 1.91. The van der Waals surface area contributed by atoms with Gasteiger partial charge in [-0.25, -0.2) is 15.0 Å². The van der Waals surface area contributed by atoms with E-state index in [0.29, 0.717) is 35.4 Å². The van der Waals surface area contributed by atoms with Gasteiger partial charge in [0.15, 0.2) is 0 Å². The normalized spacial score (nSPS) is 16.5. The van der Waals surface area contributed by atoms with Crippen LogP contribution in [0.5, 0.6) is 6.01 Å². The number of likely N-dealkylation sites (tertiary alicyclic amines) is 1. The molecule has 0 aliphatic carbocycles. The van der Waals surface area contributed by atoms with Crippen molar-refractivity contribution in [2.24, 2.45) is 0 Å². The van der Waals surface area contributed by atoms with E-state index in [1.807, 2.05) is 6.07 Å². The molecule has 1 amide bonds. The topological polar surface area (TPSA) is 90.2 Å². The van der Waals surface area contributed by atoms with Gasteiger partial charge in [-0.05, 0) is 12.1 Å². The molecule has 1 saturated heterocycles. The molecular weight excluding hydrogens is 382 g/mol. The van der Waals surface area contributed by atoms with Crippen LogP contribution >= 0.6 is 11.6 Å². The largest absolute Gasteiger partial charge is 0.458 e. The lowest BCUT2D eigenvalue weighted by Gasteiger charge is -2.17. The summed E-state index contributed by atoms with van der Waals surface area (Å²) in [5, 5.41) is 0.990. The van der Waals surface area contributed by atoms with Crippen molar-refractivity contribution < 1.29 is 9.53 Å². The Kier molecular flexibility index (Phi) is 5.21. The second-order valence-electron chi connectivity index (χ2n) is 6.56. The lowest BCUT2D eigenvalue weighted by molar-refractivity contribution is -0.130. The first-order chi connectivity index (χ1) is 13.6. The molecule has 3 aromatic rings. The number of nitrogens with zero attached hydrogens (tertiary/aromatic N) is 5. The molecule has 1 atom stereocenters. The van der Waals surface area contributed by atoms with Gasteiger partial charge in [-0.2, -0.15) is 0 Å². The van der Waals surface area contributed by atoms with Gasteiger partial charge in [-0.1, -0.05) is 23.7 Å². The van der Waals surface area contributed by atoms with Crippen molar-refractivity contribution in [3.63, 3.8) is 0 Å². The Balaban J connectivity index is 1.34. The van der Waals surface area contributed by atoms with Gasteiger partial charge in [-0.15, -0.1) is 0 Å². The molecule has 0 radical (unpaired) electrons. The van der Waals surface area contributed by atoms with E-state index >= 15 is 0 Å². The zero-order valence-corrected chi connectivity index (χ0v) is 15.7. The molecule has 1 aromatic carbocycles. The fourth-order valence-corrected chi connectivity index (χ4v) is 3.30. The maximum absolute atomic E-state index is 12.5. The molecule has 9 heteroatoms. The number of carbonyl (C=O) groups is 1. The van der Waals surface area contributed by atoms with E-state index in [0.717, 1.165) is 0 Å². The maximum atomic E-state index is 12.5. The van der Waals surface area contributed by atoms with E-state index < -0.39 is 0 Å². The Bertz CT molecular complexity index is 1050. The third-order valence-corrected chi connectivity index (χ3v) is 4.86. The van der Waals surface area contributed by atoms with Crippen LogP contribution in [0.3, 0.4) is 0 Å². The molecule has 0 saturated carbocycles. The summed E-state index contributed by atoms with van der Waals surface area (Å²) in [6.45, 7) is 1.36. The molecule has 1 unspecified atom stereocenters. The number of rotatable bonds is 5. The highest BCUT2D eigenvalue weighted by atomic mass is 35.5. The smallest absolute Gasteiger partial charge is 0.316 e. The quantitative estimate of drug-likeness (QED) is 0.651. The summed E-state index contributed by atoms with van der Waals surface area (Å²) in [6.07, 6.45) is 5.20. The lowest BCUT2D eigenvalue weighted by atomic mass is 10.2. The Morgan fingerprint density at radius 1 is 1.21 bits per heavy atom. The summed E-state index contributed by atoms with van der Waals surface area (Å²) < 4.78 is 7.18. The van der Waals surface area contributed by atoms with E-state index in [-0.39, 0.29) is 36.5 Å². The monoisotopic (exact) mass is 399 g/mol. The van der Waals surface area contributed by atoms with E-state index in [9.17, 15) is 9.59 Å². The van der Waals surface area contributed by atoms with Gasteiger partial charge in [-0.3, -0.25) is 14.2 Å². The van der Waals surface area contributed by atoms with Gasteiger partial charge in [0, 0.05) is 25.9 Å². The molecular formula is C19H18ClN5O3. The van der Waals surface area contributed by atoms with Crippen molar-refractivity contribution in [2.45, 2.75) is 25.5 Å². The average molecular weight is 400 g/mol. The number of para-hydroxylation sites is 1. The van der Waals surface area contributed by atoms with Gasteiger partial charge < -0.3 is 9.64 Å². The van der Waals surface area contributed by atoms with Gasteiger partial charge in [0.25, 0.3) is 5.56 Å². The number of aryl methyl sites for hydroxylation is 1. The predicted molar refractivity (Wildman–Crippen MR) is 103 cm³/mol. The van der Waals surface area contributed by atoms with Crippen LogP contribution in [-0.2, 0) is 11.3 Å². The lowest BCUT2D eigenvalue weighted by Crippen LogP contribution is -2.32. The highest BCUT2D eigenvalue weighted by Gasteiger charge is 2.28. The Morgan fingerprint density at radius 2 is 2.00 bits per heavy atom. The first-order valence-corrected chi connectivity index (χ1v) is 9.34. The highest BCUT2D eigenvalue weighted by Crippen LogP contribution is 2.17. The molecule has 0 spiro atoms. The number of hydrogen-bond donors (Lipinski definition) is 0. The minimum absolute atomic E-state index is 0.0248. The summed E-state index contributed by atoms with van der Waals surface area (Å²) in [4.78, 5) is 39.0. The molecule has 3 heterocycles. The van der Waals surface area contributed by atoms with Gasteiger partial charge in [0.05, 0.1) is 41.2 Å². The molecule has 4 rings (SSSR count). The molecule has 28 heavy (non-hydrogen) atoms. The fourth-order valence-electron chi connectivity index (χ4n) is 3.20. The summed E-state index contributed by atoms with van der Waals surface area (Å²) in [6, 6.07) is 7.42. The van der Waals surface area contributed by atoms with Gasteiger partial charge in [0.1, 0.15) is 6.10 Å². The molecule has 2 aromatic heterocycles. The highest BCUT2D eigenvalue weighted by molar-refractivity contribution is 6.30. The summed E-state index contributed by atoms with van der Waals surface area (Å²) in [7, 11) is 0. The van der Waals surface area contributed by atoms with Crippen LogP contribution in [0.25, 0.3) is 10.9 Å². The van der Waals surface area contributed by atoms with Crippen LogP contribution in [0.2, 0.25) is 5.02 Å². The molecule has 0 N–H and O–H groups in total. The zero-order valence-electron chi connectivity index (χ0n) is 15.0. The van der Waals surface area contributed by atoms with E-state index in [1.165, 1.54) is 23.3 Å². The van der Waals surface area contributed by atoms with Crippen molar-refractivity contribution in [1.82, 2.24) is 24.4 Å². The third kappa shape index (κ3) is 3.96. The Labute approximate surface area is 165 Å². The first-order valence-electron chi connectivity index (χ1n) is 8.96. The zero-order chi connectivity index (χ0) is 19.5. The number of fused-ring (bicyclic) bond motifs is 1. The number of carbonyl (C=O) groups excluding carboxylic acids is 1. The van der Waals surface area contributed by atoms with E-state index in [4.69, 9.17) is 16.3 Å². The number of halogens is 1. The first kappa shape index (κ1) is 18.4. The van der Waals surface area contributed by atoms with Crippen LogP contribution < -0.4 is 10.3 Å². The van der Waals surface area contributed by atoms with Gasteiger partial charge >= 0.3 is 6.01 Å². The van der Waals surface area contributed by atoms with E-state index in [2.05, 4.69) is 15.0 Å². The number of aromatic nitrogens is 4. The van der Waals surface area contributed by atoms with Crippen LogP contribution in [0.15, 0.2) is 47.8 Å². The number of ether oxygens (including phenoxy) is 1. The standard InChI is InChI=1S/C19H18ClN5O3/c20-13-9-21-19(22-10-13)28-14-5-7-24(11-14)17(26)6-8-25-12-23-16-4-2-1-3-15(16)18(25)27/h1-4,9-10,12,14H,5-8,11H2. The van der Waals surface area contributed by atoms with Crippen LogP contribution in [-0.4, -0.2) is 49.5 Å². The maximum Gasteiger partial charge on any atom is 0.316 e. The number of benzene rings is 1. The van der Waals surface area contributed by atoms with Crippen molar-refractivity contribution in [3.8, 4) is 6.01 Å². The molecule has 8 nitrogen and oxygen atoms in total. The van der Waals surface area contributed by atoms with Crippen molar-refractivity contribution in [1.29, 1.82) is 0 Å². The van der Waals surface area contributed by atoms with E-state index in [1.54, 1.807) is 23.1 Å². The molecule has 1 aliphatic rings. The van der Waals surface area contributed by atoms with Gasteiger partial charge in [0.2, 0.25) is 5.91 Å². The second kappa shape index (κ2) is 7.93. The molecule has 1 aliphatic heterocycles. The summed E-state index contributed by atoms with van der Waals surface area (Å²) >= 11 is 5.76. The van der Waals surface area contributed by atoms with Crippen LogP contribution in [0.4, 0.5) is 0 Å². The van der Waals surface area contributed by atoms with Crippen LogP contribution in [0, 0.1) is 0 Å². The minimum Gasteiger partial charge on any atom is -0.458 e. The Morgan fingerprint density at radius 3 is 2.82 bits per heavy atom. The van der Waals surface area contributed by atoms with Crippen LogP contribution in [0.1, 0.15) is 12.8 Å².